The van der Waals surface area contributed by atoms with Gasteiger partial charge in [0.15, 0.2) is 0 Å². The van der Waals surface area contributed by atoms with Crippen LogP contribution in [0.3, 0.4) is 0 Å². The van der Waals surface area contributed by atoms with Gasteiger partial charge >= 0.3 is 17.9 Å². The second-order valence-corrected chi connectivity index (χ2v) is 7.52. The van der Waals surface area contributed by atoms with Crippen LogP contribution in [0.1, 0.15) is 41.4 Å². The zero-order valence-electron chi connectivity index (χ0n) is 18.7. The van der Waals surface area contributed by atoms with E-state index in [4.69, 9.17) is 15.6 Å². The number of ether oxygens (including phenoxy) is 1. The predicted molar refractivity (Wildman–Crippen MR) is 128 cm³/mol. The average Bonchev–Trinajstić information content (AvgIpc) is 2.85. The van der Waals surface area contributed by atoms with Gasteiger partial charge in [0.05, 0.1) is 11.8 Å². The van der Waals surface area contributed by atoms with Gasteiger partial charge in [-0.25, -0.2) is 0 Å². The summed E-state index contributed by atoms with van der Waals surface area (Å²) in [6.07, 6.45) is 0.311. The van der Waals surface area contributed by atoms with Gasteiger partial charge in [-0.3, -0.25) is 14.4 Å². The van der Waals surface area contributed by atoms with E-state index < -0.39 is 23.8 Å². The van der Waals surface area contributed by atoms with Crippen molar-refractivity contribution in [2.45, 2.75) is 31.3 Å². The first kappa shape index (κ1) is 26.3. The molecule has 7 nitrogen and oxygen atoms in total. The first-order valence-electron chi connectivity index (χ1n) is 10.9. The van der Waals surface area contributed by atoms with Gasteiger partial charge in [-0.2, -0.15) is 0 Å². The zero-order chi connectivity index (χ0) is 24.8. The van der Waals surface area contributed by atoms with Crippen LogP contribution >= 0.6 is 0 Å². The number of aliphatic carboxylic acids is 2. The smallest absolute Gasteiger partial charge is 0.312 e. The van der Waals surface area contributed by atoms with Crippen molar-refractivity contribution in [1.82, 2.24) is 0 Å². The summed E-state index contributed by atoms with van der Waals surface area (Å²) in [6, 6.07) is 27.3. The molecule has 7 heteroatoms. The summed E-state index contributed by atoms with van der Waals surface area (Å²) in [5.41, 5.74) is 7.69. The number of hydrogen-bond acceptors (Lipinski definition) is 5. The highest BCUT2D eigenvalue weighted by Crippen LogP contribution is 2.22. The Labute approximate surface area is 198 Å². The number of carboxylic acid groups (broad SMARTS) is 2. The Hall–Kier alpha value is -3.97. The highest BCUT2D eigenvalue weighted by molar-refractivity contribution is 5.77. The molecule has 3 aromatic rings. The third kappa shape index (κ3) is 8.88. The van der Waals surface area contributed by atoms with Crippen molar-refractivity contribution < 1.29 is 29.3 Å². The molecule has 0 saturated carbocycles. The molecule has 0 fully saturated rings. The second kappa shape index (κ2) is 14.2. The summed E-state index contributed by atoms with van der Waals surface area (Å²) in [4.78, 5) is 33.8. The standard InChI is InChI=1S/C18H18O4.C9H11NO2/c19-17(22-13-14-7-3-1-4-8-14)12-11-16(18(20)21)15-9-5-2-6-10-15;10-6-8(9(11)12)7-4-2-1-3-5-7/h1-10,16H,11-13H2,(H,20,21);1-5,8H,6,10H2,(H,11,12). The summed E-state index contributed by atoms with van der Waals surface area (Å²) < 4.78 is 5.16. The van der Waals surface area contributed by atoms with Crippen LogP contribution in [0.2, 0.25) is 0 Å². The fourth-order valence-electron chi connectivity index (χ4n) is 3.26. The quantitative estimate of drug-likeness (QED) is 0.385. The summed E-state index contributed by atoms with van der Waals surface area (Å²) in [5, 5.41) is 18.0. The van der Waals surface area contributed by atoms with Crippen LogP contribution in [0.15, 0.2) is 91.0 Å². The summed E-state index contributed by atoms with van der Waals surface area (Å²) in [6.45, 7) is 0.349. The second-order valence-electron chi connectivity index (χ2n) is 7.52. The molecule has 0 aliphatic heterocycles. The van der Waals surface area contributed by atoms with E-state index in [0.717, 1.165) is 11.1 Å². The van der Waals surface area contributed by atoms with Crippen molar-refractivity contribution >= 4 is 17.9 Å². The number of rotatable bonds is 10. The predicted octanol–water partition coefficient (Wildman–Crippen LogP) is 4.19. The Morgan fingerprint density at radius 1 is 0.706 bits per heavy atom. The molecule has 3 aromatic carbocycles. The van der Waals surface area contributed by atoms with Crippen molar-refractivity contribution in [1.29, 1.82) is 0 Å². The van der Waals surface area contributed by atoms with Crippen LogP contribution in [0.25, 0.3) is 0 Å². The molecule has 0 aliphatic carbocycles. The number of hydrogen-bond donors (Lipinski definition) is 3. The SMILES string of the molecule is NCC(C(=O)O)c1ccccc1.O=C(CCC(C(=O)O)c1ccccc1)OCc1ccccc1. The van der Waals surface area contributed by atoms with Crippen molar-refractivity contribution in [3.63, 3.8) is 0 Å². The third-order valence-electron chi connectivity index (χ3n) is 5.12. The topological polar surface area (TPSA) is 127 Å². The Kier molecular flexibility index (Phi) is 11.0. The minimum atomic E-state index is -0.929. The van der Waals surface area contributed by atoms with E-state index in [-0.39, 0.29) is 32.0 Å². The monoisotopic (exact) mass is 463 g/mol. The van der Waals surface area contributed by atoms with Gasteiger partial charge in [0.25, 0.3) is 0 Å². The van der Waals surface area contributed by atoms with E-state index >= 15 is 0 Å². The Balaban J connectivity index is 0.000000287. The van der Waals surface area contributed by atoms with Crippen molar-refractivity contribution in [3.8, 4) is 0 Å². The van der Waals surface area contributed by atoms with E-state index in [0.29, 0.717) is 5.56 Å². The van der Waals surface area contributed by atoms with Gasteiger partial charge in [0, 0.05) is 13.0 Å². The van der Waals surface area contributed by atoms with E-state index in [1.54, 1.807) is 48.5 Å². The zero-order valence-corrected chi connectivity index (χ0v) is 18.7. The number of esters is 1. The van der Waals surface area contributed by atoms with Gasteiger partial charge in [0.1, 0.15) is 6.61 Å². The van der Waals surface area contributed by atoms with Crippen LogP contribution in [0, 0.1) is 0 Å². The summed E-state index contributed by atoms with van der Waals surface area (Å²) in [5.74, 6) is -3.45. The maximum atomic E-state index is 11.8. The Bertz CT molecular complexity index is 1020. The van der Waals surface area contributed by atoms with Crippen molar-refractivity contribution in [2.24, 2.45) is 5.73 Å². The third-order valence-corrected chi connectivity index (χ3v) is 5.12. The normalized spacial score (nSPS) is 11.9. The van der Waals surface area contributed by atoms with Crippen LogP contribution < -0.4 is 5.73 Å². The lowest BCUT2D eigenvalue weighted by Crippen LogP contribution is -2.20. The molecular formula is C27H29NO6. The molecule has 2 atom stereocenters. The number of carboxylic acids is 2. The van der Waals surface area contributed by atoms with Gasteiger partial charge < -0.3 is 20.7 Å². The molecular weight excluding hydrogens is 434 g/mol. The van der Waals surface area contributed by atoms with Crippen LogP contribution in [0.4, 0.5) is 0 Å². The van der Waals surface area contributed by atoms with Gasteiger partial charge in [-0.05, 0) is 23.1 Å². The minimum Gasteiger partial charge on any atom is -0.481 e. The molecule has 0 saturated heterocycles. The first-order chi connectivity index (χ1) is 16.4. The number of nitrogens with two attached hydrogens (primary N) is 1. The lowest BCUT2D eigenvalue weighted by Gasteiger charge is -2.12. The average molecular weight is 464 g/mol. The van der Waals surface area contributed by atoms with E-state index in [1.165, 1.54) is 0 Å². The number of carbonyl (C=O) groups excluding carboxylic acids is 1. The fourth-order valence-corrected chi connectivity index (χ4v) is 3.26. The molecule has 0 aliphatic rings. The maximum Gasteiger partial charge on any atom is 0.312 e. The van der Waals surface area contributed by atoms with E-state index in [9.17, 15) is 19.5 Å². The lowest BCUT2D eigenvalue weighted by atomic mass is 9.94. The van der Waals surface area contributed by atoms with E-state index in [1.807, 2.05) is 42.5 Å². The first-order valence-corrected chi connectivity index (χ1v) is 10.9. The number of benzene rings is 3. The fraction of sp³-hybridized carbons (Fsp3) is 0.222. The van der Waals surface area contributed by atoms with Gasteiger partial charge in [-0.15, -0.1) is 0 Å². The summed E-state index contributed by atoms with van der Waals surface area (Å²) in [7, 11) is 0. The molecule has 0 heterocycles. The molecule has 0 radical (unpaired) electrons. The highest BCUT2D eigenvalue weighted by Gasteiger charge is 2.21. The molecule has 4 N–H and O–H groups in total. The van der Waals surface area contributed by atoms with E-state index in [2.05, 4.69) is 0 Å². The minimum absolute atomic E-state index is 0.0820. The summed E-state index contributed by atoms with van der Waals surface area (Å²) >= 11 is 0. The molecule has 0 aromatic heterocycles. The molecule has 2 unspecified atom stereocenters. The van der Waals surface area contributed by atoms with Crippen LogP contribution in [0.5, 0.6) is 0 Å². The van der Waals surface area contributed by atoms with Crippen LogP contribution in [-0.4, -0.2) is 34.7 Å². The van der Waals surface area contributed by atoms with Gasteiger partial charge in [-0.1, -0.05) is 91.0 Å². The lowest BCUT2D eigenvalue weighted by molar-refractivity contribution is -0.145. The molecule has 34 heavy (non-hydrogen) atoms. The van der Waals surface area contributed by atoms with Crippen molar-refractivity contribution in [2.75, 3.05) is 6.54 Å². The molecule has 178 valence electrons. The largest absolute Gasteiger partial charge is 0.481 e. The highest BCUT2D eigenvalue weighted by atomic mass is 16.5. The van der Waals surface area contributed by atoms with Crippen molar-refractivity contribution in [3.05, 3.63) is 108 Å². The Morgan fingerprint density at radius 2 is 1.15 bits per heavy atom. The molecule has 0 bridgehead atoms. The Morgan fingerprint density at radius 3 is 1.59 bits per heavy atom. The maximum absolute atomic E-state index is 11.8. The molecule has 0 amide bonds. The molecule has 0 spiro atoms. The van der Waals surface area contributed by atoms with Gasteiger partial charge in [0.2, 0.25) is 0 Å². The number of carbonyl (C=O) groups is 3. The molecule has 3 rings (SSSR count). The van der Waals surface area contributed by atoms with Crippen LogP contribution in [-0.2, 0) is 25.7 Å².